The lowest BCUT2D eigenvalue weighted by molar-refractivity contribution is 0.0706. The van der Waals surface area contributed by atoms with Gasteiger partial charge < -0.3 is 4.74 Å². The first-order valence-corrected chi connectivity index (χ1v) is 9.38. The molecule has 0 saturated heterocycles. The lowest BCUT2D eigenvalue weighted by Crippen LogP contribution is -2.36. The number of nitrogens with zero attached hydrogens (tertiary/aromatic N) is 5. The zero-order valence-corrected chi connectivity index (χ0v) is 15.0. The van der Waals surface area contributed by atoms with E-state index in [0.29, 0.717) is 5.92 Å². The highest BCUT2D eigenvalue weighted by Crippen LogP contribution is 2.29. The molecule has 2 aromatic rings. The second-order valence-corrected chi connectivity index (χ2v) is 7.42. The Hall–Kier alpha value is -1.79. The summed E-state index contributed by atoms with van der Waals surface area (Å²) in [4.78, 5) is 6.87. The summed E-state index contributed by atoms with van der Waals surface area (Å²) in [6.45, 7) is 4.30. The van der Waals surface area contributed by atoms with E-state index in [4.69, 9.17) is 4.74 Å². The number of hydrogen-bond donors (Lipinski definition) is 0. The van der Waals surface area contributed by atoms with Crippen molar-refractivity contribution < 1.29 is 4.74 Å². The average Bonchev–Trinajstić information content (AvgIpc) is 3.26. The van der Waals surface area contributed by atoms with E-state index in [9.17, 15) is 0 Å². The normalized spacial score (nSPS) is 21.6. The zero-order chi connectivity index (χ0) is 17.1. The molecule has 1 aliphatic heterocycles. The van der Waals surface area contributed by atoms with Gasteiger partial charge >= 0.3 is 0 Å². The molecule has 1 unspecified atom stereocenters. The van der Waals surface area contributed by atoms with E-state index in [-0.39, 0.29) is 0 Å². The molecule has 0 bridgehead atoms. The first-order chi connectivity index (χ1) is 12.3. The number of hydrogen-bond acceptors (Lipinski definition) is 5. The molecule has 0 radical (unpaired) electrons. The van der Waals surface area contributed by atoms with Gasteiger partial charge in [-0.25, -0.2) is 0 Å². The van der Waals surface area contributed by atoms with Crippen LogP contribution in [0, 0.1) is 5.92 Å². The average molecular weight is 341 g/mol. The highest BCUT2D eigenvalue weighted by Gasteiger charge is 2.30. The van der Waals surface area contributed by atoms with Gasteiger partial charge in [-0.05, 0) is 30.9 Å². The van der Waals surface area contributed by atoms with Gasteiger partial charge in [0.1, 0.15) is 5.69 Å². The summed E-state index contributed by atoms with van der Waals surface area (Å²) in [5.41, 5.74) is 3.42. The summed E-state index contributed by atoms with van der Waals surface area (Å²) in [6.07, 6.45) is 7.25. The molecule has 4 rings (SSSR count). The molecule has 25 heavy (non-hydrogen) atoms. The fourth-order valence-corrected chi connectivity index (χ4v) is 4.22. The molecule has 0 aromatic carbocycles. The van der Waals surface area contributed by atoms with Crippen LogP contribution in [0.4, 0.5) is 0 Å². The van der Waals surface area contributed by atoms with Crippen LogP contribution in [0.25, 0.3) is 0 Å². The van der Waals surface area contributed by atoms with E-state index in [1.807, 2.05) is 30.1 Å². The third-order valence-electron chi connectivity index (χ3n) is 5.44. The van der Waals surface area contributed by atoms with Gasteiger partial charge in [-0.2, -0.15) is 0 Å². The van der Waals surface area contributed by atoms with Crippen molar-refractivity contribution in [1.29, 1.82) is 0 Å². The number of rotatable bonds is 6. The number of aryl methyl sites for hydroxylation is 1. The topological polar surface area (TPSA) is 56.1 Å². The predicted octanol–water partition coefficient (Wildman–Crippen LogP) is 2.52. The molecule has 6 nitrogen and oxygen atoms in total. The predicted molar refractivity (Wildman–Crippen MR) is 94.9 cm³/mol. The van der Waals surface area contributed by atoms with Crippen molar-refractivity contribution in [2.24, 2.45) is 13.0 Å². The Balaban J connectivity index is 1.41. The maximum absolute atomic E-state index is 6.13. The minimum absolute atomic E-state index is 0.328. The molecular weight excluding hydrogens is 314 g/mol. The Bertz CT molecular complexity index is 680. The number of pyridine rings is 1. The minimum Gasteiger partial charge on any atom is -0.380 e. The second kappa shape index (κ2) is 7.62. The molecule has 0 amide bonds. The van der Waals surface area contributed by atoms with Crippen molar-refractivity contribution in [2.75, 3.05) is 19.8 Å². The van der Waals surface area contributed by atoms with Crippen LogP contribution in [-0.2, 0) is 24.9 Å². The van der Waals surface area contributed by atoms with Crippen LogP contribution in [0.1, 0.15) is 48.7 Å². The van der Waals surface area contributed by atoms with Gasteiger partial charge in [-0.1, -0.05) is 24.1 Å². The first kappa shape index (κ1) is 16.7. The second-order valence-electron chi connectivity index (χ2n) is 7.42. The van der Waals surface area contributed by atoms with Crippen LogP contribution >= 0.6 is 0 Å². The van der Waals surface area contributed by atoms with Gasteiger partial charge in [-0.15, -0.1) is 5.10 Å². The Morgan fingerprint density at radius 2 is 2.08 bits per heavy atom. The Morgan fingerprint density at radius 1 is 1.20 bits per heavy atom. The monoisotopic (exact) mass is 341 g/mol. The maximum Gasteiger partial charge on any atom is 0.100 e. The van der Waals surface area contributed by atoms with E-state index in [1.165, 1.54) is 31.4 Å². The summed E-state index contributed by atoms with van der Waals surface area (Å²) in [5, 5.41) is 8.62. The molecule has 1 atom stereocenters. The number of ether oxygens (including phenoxy) is 1. The van der Waals surface area contributed by atoms with Crippen LogP contribution in [0.15, 0.2) is 24.4 Å². The van der Waals surface area contributed by atoms with E-state index in [1.54, 1.807) is 0 Å². The number of aromatic nitrogens is 4. The van der Waals surface area contributed by atoms with Gasteiger partial charge in [0.05, 0.1) is 18.0 Å². The van der Waals surface area contributed by atoms with Crippen molar-refractivity contribution in [2.45, 2.75) is 44.7 Å². The fourth-order valence-electron chi connectivity index (χ4n) is 4.22. The van der Waals surface area contributed by atoms with Gasteiger partial charge in [0, 0.05) is 45.4 Å². The summed E-state index contributed by atoms with van der Waals surface area (Å²) >= 11 is 0. The maximum atomic E-state index is 6.13. The fraction of sp³-hybridized carbons (Fsp3) is 0.632. The van der Waals surface area contributed by atoms with Gasteiger partial charge in [0.25, 0.3) is 0 Å². The lowest BCUT2D eigenvalue weighted by Gasteiger charge is -2.32. The van der Waals surface area contributed by atoms with Gasteiger partial charge in [-0.3, -0.25) is 14.6 Å². The smallest absolute Gasteiger partial charge is 0.100 e. The molecule has 2 aliphatic rings. The zero-order valence-electron chi connectivity index (χ0n) is 15.0. The third kappa shape index (κ3) is 3.90. The molecule has 3 heterocycles. The Kier molecular flexibility index (Phi) is 5.08. The first-order valence-electron chi connectivity index (χ1n) is 9.38. The highest BCUT2D eigenvalue weighted by atomic mass is 16.5. The Morgan fingerprint density at radius 3 is 2.88 bits per heavy atom. The minimum atomic E-state index is 0.328. The van der Waals surface area contributed by atoms with Crippen LogP contribution in [0.5, 0.6) is 0 Å². The summed E-state index contributed by atoms with van der Waals surface area (Å²) in [5.74, 6) is 1.09. The molecule has 0 N–H and O–H groups in total. The number of fused-ring (bicyclic) bond motifs is 1. The molecular formula is C19H27N5O. The van der Waals surface area contributed by atoms with Crippen molar-refractivity contribution in [3.63, 3.8) is 0 Å². The van der Waals surface area contributed by atoms with E-state index < -0.39 is 0 Å². The summed E-state index contributed by atoms with van der Waals surface area (Å²) < 4.78 is 8.05. The standard InChI is InChI=1S/C19H27N5O/c1-23-19-16(14-25-13-15-6-2-3-7-15)10-24(12-18(19)21-22-23)11-17-8-4-5-9-20-17/h4-5,8-9,15-16H,2-3,6-7,10-14H2,1H3. The molecule has 6 heteroatoms. The van der Waals surface area contributed by atoms with E-state index in [0.717, 1.165) is 50.2 Å². The van der Waals surface area contributed by atoms with E-state index >= 15 is 0 Å². The van der Waals surface area contributed by atoms with Crippen molar-refractivity contribution in [1.82, 2.24) is 24.9 Å². The third-order valence-corrected chi connectivity index (χ3v) is 5.44. The van der Waals surface area contributed by atoms with Crippen molar-refractivity contribution in [3.8, 4) is 0 Å². The molecule has 1 aliphatic carbocycles. The molecule has 1 fully saturated rings. The van der Waals surface area contributed by atoms with E-state index in [2.05, 4.69) is 26.3 Å². The van der Waals surface area contributed by atoms with Crippen molar-refractivity contribution in [3.05, 3.63) is 41.5 Å². The highest BCUT2D eigenvalue weighted by molar-refractivity contribution is 5.20. The van der Waals surface area contributed by atoms with Gasteiger partial charge in [0.2, 0.25) is 0 Å². The van der Waals surface area contributed by atoms with Gasteiger partial charge in [0.15, 0.2) is 0 Å². The Labute approximate surface area is 149 Å². The van der Waals surface area contributed by atoms with Crippen LogP contribution < -0.4 is 0 Å². The molecule has 2 aromatic heterocycles. The van der Waals surface area contributed by atoms with Crippen LogP contribution in [0.2, 0.25) is 0 Å². The summed E-state index contributed by atoms with van der Waals surface area (Å²) in [6, 6.07) is 6.08. The molecule has 134 valence electrons. The quantitative estimate of drug-likeness (QED) is 0.808. The largest absolute Gasteiger partial charge is 0.380 e. The summed E-state index contributed by atoms with van der Waals surface area (Å²) in [7, 11) is 1.99. The van der Waals surface area contributed by atoms with Crippen LogP contribution in [0.3, 0.4) is 0 Å². The van der Waals surface area contributed by atoms with Crippen LogP contribution in [-0.4, -0.2) is 44.6 Å². The SMILES string of the molecule is Cn1nnc2c1C(COCC1CCCC1)CN(Cc1ccccn1)C2. The van der Waals surface area contributed by atoms with Crippen molar-refractivity contribution >= 4 is 0 Å². The lowest BCUT2D eigenvalue weighted by atomic mass is 9.98. The molecule has 1 saturated carbocycles. The molecule has 0 spiro atoms.